The van der Waals surface area contributed by atoms with Gasteiger partial charge >= 0.3 is 0 Å². The zero-order chi connectivity index (χ0) is 10.9. The highest BCUT2D eigenvalue weighted by Gasteiger charge is 2.08. The molecule has 0 aromatic heterocycles. The van der Waals surface area contributed by atoms with Crippen molar-refractivity contribution >= 4 is 9.84 Å². The lowest BCUT2D eigenvalue weighted by Crippen LogP contribution is -2.25. The SMILES string of the molecule is CCCCNCCS(=O)(=O)CCCC. The highest BCUT2D eigenvalue weighted by Crippen LogP contribution is 1.96. The lowest BCUT2D eigenvalue weighted by atomic mass is 10.3. The van der Waals surface area contributed by atoms with Crippen LogP contribution in [0.4, 0.5) is 0 Å². The summed E-state index contributed by atoms with van der Waals surface area (Å²) in [6, 6.07) is 0. The largest absolute Gasteiger partial charge is 0.316 e. The highest BCUT2D eigenvalue weighted by molar-refractivity contribution is 7.91. The fourth-order valence-corrected chi connectivity index (χ4v) is 2.51. The van der Waals surface area contributed by atoms with Gasteiger partial charge in [0.15, 0.2) is 9.84 Å². The first kappa shape index (κ1) is 13.9. The van der Waals surface area contributed by atoms with Crippen LogP contribution >= 0.6 is 0 Å². The van der Waals surface area contributed by atoms with Gasteiger partial charge in [-0.3, -0.25) is 0 Å². The maximum absolute atomic E-state index is 11.4. The molecule has 0 saturated carbocycles. The van der Waals surface area contributed by atoms with Crippen LogP contribution in [0.3, 0.4) is 0 Å². The summed E-state index contributed by atoms with van der Waals surface area (Å²) >= 11 is 0. The van der Waals surface area contributed by atoms with E-state index in [9.17, 15) is 8.42 Å². The fraction of sp³-hybridized carbons (Fsp3) is 1.00. The van der Waals surface area contributed by atoms with Gasteiger partial charge in [0, 0.05) is 6.54 Å². The van der Waals surface area contributed by atoms with E-state index in [1.807, 2.05) is 6.92 Å². The Kier molecular flexibility index (Phi) is 8.18. The molecule has 0 spiro atoms. The Morgan fingerprint density at radius 2 is 1.57 bits per heavy atom. The average Bonchev–Trinajstić information content (AvgIpc) is 2.15. The van der Waals surface area contributed by atoms with Crippen LogP contribution < -0.4 is 5.32 Å². The second kappa shape index (κ2) is 8.24. The summed E-state index contributed by atoms with van der Waals surface area (Å²) in [6.45, 7) is 5.67. The average molecular weight is 221 g/mol. The van der Waals surface area contributed by atoms with E-state index in [2.05, 4.69) is 12.2 Å². The van der Waals surface area contributed by atoms with Crippen molar-refractivity contribution < 1.29 is 8.42 Å². The smallest absolute Gasteiger partial charge is 0.151 e. The van der Waals surface area contributed by atoms with Crippen molar-refractivity contribution in [1.29, 1.82) is 0 Å². The van der Waals surface area contributed by atoms with Crippen molar-refractivity contribution in [1.82, 2.24) is 5.32 Å². The molecular weight excluding hydrogens is 198 g/mol. The van der Waals surface area contributed by atoms with Crippen LogP contribution in [0.1, 0.15) is 39.5 Å². The van der Waals surface area contributed by atoms with Gasteiger partial charge in [0.2, 0.25) is 0 Å². The molecule has 0 unspecified atom stereocenters. The quantitative estimate of drug-likeness (QED) is 0.601. The number of rotatable bonds is 9. The van der Waals surface area contributed by atoms with Crippen LogP contribution in [0, 0.1) is 0 Å². The van der Waals surface area contributed by atoms with Gasteiger partial charge in [-0.15, -0.1) is 0 Å². The molecule has 4 heteroatoms. The molecule has 0 radical (unpaired) electrons. The van der Waals surface area contributed by atoms with Crippen LogP contribution in [0.5, 0.6) is 0 Å². The summed E-state index contributed by atoms with van der Waals surface area (Å²) in [6.07, 6.45) is 4.00. The van der Waals surface area contributed by atoms with Crippen molar-refractivity contribution in [2.24, 2.45) is 0 Å². The lowest BCUT2D eigenvalue weighted by Gasteiger charge is -2.04. The molecular formula is C10H23NO2S. The second-order valence-corrected chi connectivity index (χ2v) is 5.91. The molecule has 0 amide bonds. The van der Waals surface area contributed by atoms with Crippen molar-refractivity contribution in [2.75, 3.05) is 24.6 Å². The summed E-state index contributed by atoms with van der Waals surface area (Å²) in [4.78, 5) is 0. The number of unbranched alkanes of at least 4 members (excludes halogenated alkanes) is 2. The minimum Gasteiger partial charge on any atom is -0.316 e. The van der Waals surface area contributed by atoms with Crippen molar-refractivity contribution in [3.8, 4) is 0 Å². The Bertz CT molecular complexity index is 212. The first-order valence-corrected chi connectivity index (χ1v) is 7.35. The molecule has 0 saturated heterocycles. The van der Waals surface area contributed by atoms with Crippen LogP contribution in [0.15, 0.2) is 0 Å². The van der Waals surface area contributed by atoms with E-state index in [0.717, 1.165) is 32.2 Å². The third-order valence-electron chi connectivity index (χ3n) is 2.11. The molecule has 0 fully saturated rings. The highest BCUT2D eigenvalue weighted by atomic mass is 32.2. The molecule has 0 aliphatic carbocycles. The Morgan fingerprint density at radius 3 is 2.14 bits per heavy atom. The summed E-state index contributed by atoms with van der Waals surface area (Å²) in [5.41, 5.74) is 0. The van der Waals surface area contributed by atoms with Crippen molar-refractivity contribution in [3.05, 3.63) is 0 Å². The predicted octanol–water partition coefficient (Wildman–Crippen LogP) is 1.59. The van der Waals surface area contributed by atoms with E-state index >= 15 is 0 Å². The minimum absolute atomic E-state index is 0.288. The molecule has 1 N–H and O–H groups in total. The van der Waals surface area contributed by atoms with E-state index < -0.39 is 9.84 Å². The maximum Gasteiger partial charge on any atom is 0.151 e. The van der Waals surface area contributed by atoms with Gasteiger partial charge in [0.25, 0.3) is 0 Å². The molecule has 0 heterocycles. The molecule has 0 aliphatic rings. The first-order valence-electron chi connectivity index (χ1n) is 5.53. The maximum atomic E-state index is 11.4. The fourth-order valence-electron chi connectivity index (χ4n) is 1.12. The molecule has 0 aromatic rings. The Balaban J connectivity index is 3.46. The van der Waals surface area contributed by atoms with E-state index in [4.69, 9.17) is 0 Å². The van der Waals surface area contributed by atoms with Crippen LogP contribution in [0.2, 0.25) is 0 Å². The van der Waals surface area contributed by atoms with Crippen molar-refractivity contribution in [2.45, 2.75) is 39.5 Å². The number of hydrogen-bond acceptors (Lipinski definition) is 3. The van der Waals surface area contributed by atoms with E-state index in [-0.39, 0.29) is 5.75 Å². The van der Waals surface area contributed by atoms with Gasteiger partial charge in [-0.05, 0) is 19.4 Å². The summed E-state index contributed by atoms with van der Waals surface area (Å²) in [5.74, 6) is 0.635. The molecule has 86 valence electrons. The van der Waals surface area contributed by atoms with Gasteiger partial charge < -0.3 is 5.32 Å². The number of nitrogens with one attached hydrogen (secondary N) is 1. The molecule has 0 rings (SSSR count). The molecule has 0 bridgehead atoms. The Morgan fingerprint density at radius 1 is 0.929 bits per heavy atom. The van der Waals surface area contributed by atoms with E-state index in [1.165, 1.54) is 0 Å². The summed E-state index contributed by atoms with van der Waals surface area (Å²) < 4.78 is 22.8. The van der Waals surface area contributed by atoms with Gasteiger partial charge in [-0.2, -0.15) is 0 Å². The molecule has 14 heavy (non-hydrogen) atoms. The van der Waals surface area contributed by atoms with E-state index in [1.54, 1.807) is 0 Å². The third kappa shape index (κ3) is 8.51. The van der Waals surface area contributed by atoms with Crippen LogP contribution in [-0.4, -0.2) is 33.0 Å². The van der Waals surface area contributed by atoms with Gasteiger partial charge in [-0.25, -0.2) is 8.42 Å². The second-order valence-electron chi connectivity index (χ2n) is 3.61. The molecule has 0 atom stereocenters. The monoisotopic (exact) mass is 221 g/mol. The lowest BCUT2D eigenvalue weighted by molar-refractivity contribution is 0.585. The van der Waals surface area contributed by atoms with Gasteiger partial charge in [0.05, 0.1) is 11.5 Å². The number of hydrogen-bond donors (Lipinski definition) is 1. The first-order chi connectivity index (χ1) is 6.62. The number of sulfone groups is 1. The van der Waals surface area contributed by atoms with Crippen LogP contribution in [0.25, 0.3) is 0 Å². The molecule has 3 nitrogen and oxygen atoms in total. The topological polar surface area (TPSA) is 46.2 Å². The normalized spacial score (nSPS) is 11.9. The van der Waals surface area contributed by atoms with Crippen molar-refractivity contribution in [3.63, 3.8) is 0 Å². The minimum atomic E-state index is -2.79. The Labute approximate surface area is 88.2 Å². The predicted molar refractivity (Wildman–Crippen MR) is 61.3 cm³/mol. The van der Waals surface area contributed by atoms with E-state index in [0.29, 0.717) is 12.3 Å². The standard InChI is InChI=1S/C10H23NO2S/c1-3-5-7-11-8-10-14(12,13)9-6-4-2/h11H,3-10H2,1-2H3. The Hall–Kier alpha value is -0.0900. The summed E-state index contributed by atoms with van der Waals surface area (Å²) in [5, 5.41) is 3.14. The van der Waals surface area contributed by atoms with Gasteiger partial charge in [-0.1, -0.05) is 26.7 Å². The molecule has 0 aromatic carbocycles. The van der Waals surface area contributed by atoms with Gasteiger partial charge in [0.1, 0.15) is 0 Å². The zero-order valence-electron chi connectivity index (χ0n) is 9.38. The zero-order valence-corrected chi connectivity index (χ0v) is 10.2. The molecule has 0 aliphatic heterocycles. The summed E-state index contributed by atoms with van der Waals surface area (Å²) in [7, 11) is -2.79. The van der Waals surface area contributed by atoms with Crippen LogP contribution in [-0.2, 0) is 9.84 Å². The third-order valence-corrected chi connectivity index (χ3v) is 3.84.